The molecule has 0 saturated heterocycles. The Morgan fingerprint density at radius 2 is 1.93 bits per heavy atom. The van der Waals surface area contributed by atoms with Crippen molar-refractivity contribution in [1.82, 2.24) is 0 Å². The summed E-state index contributed by atoms with van der Waals surface area (Å²) < 4.78 is 6.12. The number of fused-ring (bicyclic) bond motifs is 3. The van der Waals surface area contributed by atoms with E-state index in [1.165, 1.54) is 47.3 Å². The van der Waals surface area contributed by atoms with E-state index in [0.717, 1.165) is 0 Å². The van der Waals surface area contributed by atoms with Gasteiger partial charge in [-0.3, -0.25) is 0 Å². The first-order valence-corrected chi connectivity index (χ1v) is 5.96. The Morgan fingerprint density at radius 3 is 2.73 bits per heavy atom. The normalized spacial score (nSPS) is 27.4. The second kappa shape index (κ2) is 3.01. The molecule has 1 aromatic carbocycles. The van der Waals surface area contributed by atoms with Gasteiger partial charge in [-0.2, -0.15) is 0 Å². The summed E-state index contributed by atoms with van der Waals surface area (Å²) in [6.45, 7) is 6.60. The summed E-state index contributed by atoms with van der Waals surface area (Å²) in [5.41, 5.74) is 5.67. The van der Waals surface area contributed by atoms with Crippen molar-refractivity contribution in [2.45, 2.75) is 52.1 Å². The average molecular weight is 202 g/mol. The van der Waals surface area contributed by atoms with Crippen molar-refractivity contribution in [3.8, 4) is 5.75 Å². The zero-order chi connectivity index (χ0) is 10.6. The van der Waals surface area contributed by atoms with Crippen LogP contribution in [0.4, 0.5) is 0 Å². The molecule has 3 rings (SSSR count). The van der Waals surface area contributed by atoms with Gasteiger partial charge in [0.15, 0.2) is 0 Å². The molecule has 1 fully saturated rings. The van der Waals surface area contributed by atoms with Crippen LogP contribution in [0.15, 0.2) is 6.07 Å². The quantitative estimate of drug-likeness (QED) is 0.624. The maximum absolute atomic E-state index is 6.12. The van der Waals surface area contributed by atoms with E-state index in [2.05, 4.69) is 26.8 Å². The Kier molecular flexibility index (Phi) is 1.86. The number of aryl methyl sites for hydroxylation is 2. The zero-order valence-corrected chi connectivity index (χ0v) is 9.76. The van der Waals surface area contributed by atoms with Crippen molar-refractivity contribution in [2.24, 2.45) is 0 Å². The van der Waals surface area contributed by atoms with E-state index in [9.17, 15) is 0 Å². The molecule has 2 atom stereocenters. The highest BCUT2D eigenvalue weighted by atomic mass is 16.5. The highest BCUT2D eigenvalue weighted by Gasteiger charge is 2.39. The Morgan fingerprint density at radius 1 is 1.13 bits per heavy atom. The third-order valence-electron chi connectivity index (χ3n) is 4.13. The summed E-state index contributed by atoms with van der Waals surface area (Å²) in [6.07, 6.45) is 4.39. The zero-order valence-electron chi connectivity index (χ0n) is 9.76. The minimum absolute atomic E-state index is 0.485. The van der Waals surface area contributed by atoms with Crippen molar-refractivity contribution in [2.75, 3.05) is 0 Å². The van der Waals surface area contributed by atoms with Crippen LogP contribution >= 0.6 is 0 Å². The molecule has 2 aliphatic rings. The van der Waals surface area contributed by atoms with E-state index in [0.29, 0.717) is 12.0 Å². The number of hydrogen-bond donors (Lipinski definition) is 0. The Labute approximate surface area is 91.5 Å². The number of benzene rings is 1. The number of rotatable bonds is 0. The molecule has 1 aliphatic heterocycles. The maximum atomic E-state index is 6.12. The third-order valence-corrected chi connectivity index (χ3v) is 4.13. The molecule has 0 spiro atoms. The first-order chi connectivity index (χ1) is 7.18. The third kappa shape index (κ3) is 1.15. The van der Waals surface area contributed by atoms with E-state index in [1.807, 2.05) is 0 Å². The minimum atomic E-state index is 0.485. The topological polar surface area (TPSA) is 9.23 Å². The Hall–Kier alpha value is -0.980. The van der Waals surface area contributed by atoms with Crippen molar-refractivity contribution in [3.05, 3.63) is 28.3 Å². The van der Waals surface area contributed by atoms with Crippen LogP contribution in [-0.4, -0.2) is 6.10 Å². The van der Waals surface area contributed by atoms with Crippen molar-refractivity contribution < 1.29 is 4.74 Å². The van der Waals surface area contributed by atoms with E-state index in [1.54, 1.807) is 0 Å². The Bertz CT molecular complexity index is 420. The molecule has 0 unspecified atom stereocenters. The van der Waals surface area contributed by atoms with Crippen LogP contribution in [0.5, 0.6) is 5.75 Å². The molecule has 0 radical (unpaired) electrons. The largest absolute Gasteiger partial charge is 0.489 e. The molecule has 0 bridgehead atoms. The Balaban J connectivity index is 2.20. The molecular formula is C14H18O. The van der Waals surface area contributed by atoms with Gasteiger partial charge in [-0.05, 0) is 56.7 Å². The van der Waals surface area contributed by atoms with Crippen LogP contribution in [0.3, 0.4) is 0 Å². The molecule has 1 nitrogen and oxygen atoms in total. The molecule has 1 heteroatoms. The van der Waals surface area contributed by atoms with Gasteiger partial charge in [0.05, 0.1) is 0 Å². The van der Waals surface area contributed by atoms with Crippen LogP contribution in [-0.2, 0) is 0 Å². The maximum Gasteiger partial charge on any atom is 0.126 e. The lowest BCUT2D eigenvalue weighted by molar-refractivity contribution is 0.224. The fourth-order valence-corrected chi connectivity index (χ4v) is 3.23. The van der Waals surface area contributed by atoms with Crippen LogP contribution in [0.2, 0.25) is 0 Å². The lowest BCUT2D eigenvalue weighted by Crippen LogP contribution is -2.11. The number of hydrogen-bond acceptors (Lipinski definition) is 1. The van der Waals surface area contributed by atoms with Gasteiger partial charge in [-0.1, -0.05) is 6.07 Å². The molecule has 1 saturated carbocycles. The summed E-state index contributed by atoms with van der Waals surface area (Å²) in [7, 11) is 0. The van der Waals surface area contributed by atoms with E-state index < -0.39 is 0 Å². The molecule has 1 heterocycles. The SMILES string of the molecule is Cc1cc(C)c2c(c1C)O[C@H]1CCC[C@@H]21. The lowest BCUT2D eigenvalue weighted by Gasteiger charge is -2.12. The van der Waals surface area contributed by atoms with Crippen LogP contribution < -0.4 is 4.74 Å². The van der Waals surface area contributed by atoms with Gasteiger partial charge in [-0.25, -0.2) is 0 Å². The lowest BCUT2D eigenvalue weighted by atomic mass is 9.90. The van der Waals surface area contributed by atoms with Crippen molar-refractivity contribution in [3.63, 3.8) is 0 Å². The van der Waals surface area contributed by atoms with Gasteiger partial charge < -0.3 is 4.74 Å². The fraction of sp³-hybridized carbons (Fsp3) is 0.571. The van der Waals surface area contributed by atoms with Gasteiger partial charge in [0.1, 0.15) is 11.9 Å². The fourth-order valence-electron chi connectivity index (χ4n) is 3.23. The molecule has 1 aromatic rings. The summed E-state index contributed by atoms with van der Waals surface area (Å²) in [5.74, 6) is 1.90. The molecule has 15 heavy (non-hydrogen) atoms. The summed E-state index contributed by atoms with van der Waals surface area (Å²) in [4.78, 5) is 0. The molecule has 80 valence electrons. The van der Waals surface area contributed by atoms with Gasteiger partial charge in [0.2, 0.25) is 0 Å². The standard InChI is InChI=1S/C14H18O/c1-8-7-9(2)13-11-5-4-6-12(11)15-14(13)10(8)3/h7,11-12H,4-6H2,1-3H3/t11-,12+/m1/s1. The molecule has 0 amide bonds. The highest BCUT2D eigenvalue weighted by molar-refractivity contribution is 5.54. The first-order valence-electron chi connectivity index (χ1n) is 5.96. The van der Waals surface area contributed by atoms with Gasteiger partial charge in [-0.15, -0.1) is 0 Å². The van der Waals surface area contributed by atoms with Crippen LogP contribution in [0, 0.1) is 20.8 Å². The summed E-state index contributed by atoms with van der Waals surface area (Å²) in [6, 6.07) is 2.32. The highest BCUT2D eigenvalue weighted by Crippen LogP contribution is 2.50. The second-order valence-electron chi connectivity index (χ2n) is 5.07. The summed E-state index contributed by atoms with van der Waals surface area (Å²) >= 11 is 0. The predicted molar refractivity (Wildman–Crippen MR) is 61.7 cm³/mol. The number of ether oxygens (including phenoxy) is 1. The second-order valence-corrected chi connectivity index (χ2v) is 5.07. The van der Waals surface area contributed by atoms with Gasteiger partial charge in [0.25, 0.3) is 0 Å². The van der Waals surface area contributed by atoms with Crippen LogP contribution in [0.25, 0.3) is 0 Å². The van der Waals surface area contributed by atoms with E-state index in [4.69, 9.17) is 4.74 Å². The van der Waals surface area contributed by atoms with Crippen LogP contribution in [0.1, 0.15) is 47.4 Å². The first kappa shape index (κ1) is 9.26. The molecule has 0 aromatic heterocycles. The summed E-state index contributed by atoms with van der Waals surface area (Å²) in [5, 5.41) is 0. The van der Waals surface area contributed by atoms with Gasteiger partial charge >= 0.3 is 0 Å². The monoisotopic (exact) mass is 202 g/mol. The predicted octanol–water partition coefficient (Wildman–Crippen LogP) is 3.64. The van der Waals surface area contributed by atoms with E-state index >= 15 is 0 Å². The van der Waals surface area contributed by atoms with Crippen molar-refractivity contribution >= 4 is 0 Å². The average Bonchev–Trinajstić information content (AvgIpc) is 2.72. The smallest absolute Gasteiger partial charge is 0.126 e. The van der Waals surface area contributed by atoms with Gasteiger partial charge in [0, 0.05) is 11.5 Å². The molecule has 0 N–H and O–H groups in total. The van der Waals surface area contributed by atoms with E-state index in [-0.39, 0.29) is 0 Å². The van der Waals surface area contributed by atoms with Crippen molar-refractivity contribution in [1.29, 1.82) is 0 Å². The molecular weight excluding hydrogens is 184 g/mol. The minimum Gasteiger partial charge on any atom is -0.489 e. The molecule has 1 aliphatic carbocycles.